The van der Waals surface area contributed by atoms with E-state index >= 15 is 0 Å². The van der Waals surface area contributed by atoms with Gasteiger partial charge in [0.15, 0.2) is 0 Å². The Hall–Kier alpha value is -1.04. The lowest BCUT2D eigenvalue weighted by atomic mass is 9.79. The maximum Gasteiger partial charge on any atom is 0.490 e. The molecule has 6 heteroatoms. The van der Waals surface area contributed by atoms with Crippen LogP contribution in [0.4, 0.5) is 0 Å². The van der Waals surface area contributed by atoms with E-state index in [4.69, 9.17) is 21.6 Å². The van der Waals surface area contributed by atoms with Crippen LogP contribution in [0.15, 0.2) is 18.5 Å². The minimum Gasteiger partial charge on any atom is -0.423 e. The van der Waals surface area contributed by atoms with Gasteiger partial charge < -0.3 is 14.6 Å². The maximum absolute atomic E-state index is 9.09. The first-order chi connectivity index (χ1) is 6.61. The van der Waals surface area contributed by atoms with Crippen molar-refractivity contribution in [3.05, 3.63) is 23.5 Å². The fourth-order valence-corrected chi connectivity index (χ4v) is 1.74. The second-order valence-electron chi connectivity index (χ2n) is 3.06. The maximum atomic E-state index is 9.09. The Morgan fingerprint density at radius 1 is 1.43 bits per heavy atom. The molecule has 0 aliphatic rings. The summed E-state index contributed by atoms with van der Waals surface area (Å²) in [4.78, 5) is 4.06. The van der Waals surface area contributed by atoms with E-state index in [0.717, 1.165) is 0 Å². The molecule has 0 radical (unpaired) electrons. The van der Waals surface area contributed by atoms with Gasteiger partial charge in [-0.25, -0.2) is 4.98 Å². The second-order valence-corrected chi connectivity index (χ2v) is 3.47. The molecule has 0 atom stereocenters. The highest BCUT2D eigenvalue weighted by molar-refractivity contribution is 6.62. The molecule has 2 aromatic rings. The summed E-state index contributed by atoms with van der Waals surface area (Å²) < 4.78 is 1.74. The van der Waals surface area contributed by atoms with Crippen molar-refractivity contribution in [1.82, 2.24) is 9.55 Å². The molecule has 1 aromatic carbocycles. The van der Waals surface area contributed by atoms with E-state index in [1.54, 1.807) is 30.1 Å². The van der Waals surface area contributed by atoms with Crippen molar-refractivity contribution in [3.8, 4) is 0 Å². The molecule has 4 nitrogen and oxygen atoms in total. The molecule has 2 N–H and O–H groups in total. The monoisotopic (exact) mass is 210 g/mol. The van der Waals surface area contributed by atoms with Gasteiger partial charge in [-0.05, 0) is 6.07 Å². The molecule has 0 spiro atoms. The Balaban J connectivity index is 2.83. The number of imidazole rings is 1. The molecule has 1 heterocycles. The van der Waals surface area contributed by atoms with Crippen LogP contribution in [0.3, 0.4) is 0 Å². The molecule has 0 fully saturated rings. The van der Waals surface area contributed by atoms with Gasteiger partial charge in [0.05, 0.1) is 22.4 Å². The van der Waals surface area contributed by atoms with Crippen molar-refractivity contribution >= 4 is 35.2 Å². The normalized spacial score (nSPS) is 10.9. The van der Waals surface area contributed by atoms with Crippen molar-refractivity contribution < 1.29 is 10.0 Å². The van der Waals surface area contributed by atoms with E-state index in [9.17, 15) is 0 Å². The Morgan fingerprint density at radius 2 is 2.14 bits per heavy atom. The van der Waals surface area contributed by atoms with Crippen molar-refractivity contribution in [2.45, 2.75) is 0 Å². The predicted octanol–water partition coefficient (Wildman–Crippen LogP) is -0.0935. The van der Waals surface area contributed by atoms with Crippen LogP contribution in [0.2, 0.25) is 5.02 Å². The molecule has 0 bridgehead atoms. The Labute approximate surface area is 85.9 Å². The smallest absolute Gasteiger partial charge is 0.423 e. The minimum absolute atomic E-state index is 0.366. The summed E-state index contributed by atoms with van der Waals surface area (Å²) in [6.45, 7) is 0. The van der Waals surface area contributed by atoms with Crippen LogP contribution in [-0.2, 0) is 7.05 Å². The van der Waals surface area contributed by atoms with E-state index in [0.29, 0.717) is 21.5 Å². The topological polar surface area (TPSA) is 58.3 Å². The van der Waals surface area contributed by atoms with Crippen molar-refractivity contribution in [2.75, 3.05) is 0 Å². The summed E-state index contributed by atoms with van der Waals surface area (Å²) in [5.41, 5.74) is 1.59. The van der Waals surface area contributed by atoms with Gasteiger partial charge in [-0.2, -0.15) is 0 Å². The van der Waals surface area contributed by atoms with E-state index in [1.165, 1.54) is 0 Å². The largest absolute Gasteiger partial charge is 0.490 e. The van der Waals surface area contributed by atoms with Crippen molar-refractivity contribution in [1.29, 1.82) is 0 Å². The molecular weight excluding hydrogens is 202 g/mol. The summed E-state index contributed by atoms with van der Waals surface area (Å²) >= 11 is 5.96. The van der Waals surface area contributed by atoms with Crippen LogP contribution in [0.1, 0.15) is 0 Å². The summed E-state index contributed by atoms with van der Waals surface area (Å²) in [5, 5.41) is 18.7. The molecule has 72 valence electrons. The van der Waals surface area contributed by atoms with Gasteiger partial charge in [-0.15, -0.1) is 0 Å². The molecule has 0 amide bonds. The molecule has 0 aliphatic heterocycles. The summed E-state index contributed by atoms with van der Waals surface area (Å²) in [6, 6.07) is 3.18. The predicted molar refractivity (Wildman–Crippen MR) is 55.5 cm³/mol. The Bertz CT molecular complexity index is 483. The zero-order valence-corrected chi connectivity index (χ0v) is 8.23. The lowest BCUT2D eigenvalue weighted by molar-refractivity contribution is 0.426. The van der Waals surface area contributed by atoms with Crippen LogP contribution in [-0.4, -0.2) is 26.7 Å². The highest BCUT2D eigenvalue weighted by Gasteiger charge is 2.18. The number of fused-ring (bicyclic) bond motifs is 1. The lowest BCUT2D eigenvalue weighted by Gasteiger charge is -2.02. The zero-order valence-electron chi connectivity index (χ0n) is 7.48. The quantitative estimate of drug-likeness (QED) is 0.647. The Morgan fingerprint density at radius 3 is 2.79 bits per heavy atom. The number of hydrogen-bond acceptors (Lipinski definition) is 3. The Kier molecular flexibility index (Phi) is 2.22. The number of halogens is 1. The minimum atomic E-state index is -1.52. The number of hydrogen-bond donors (Lipinski definition) is 2. The summed E-state index contributed by atoms with van der Waals surface area (Å²) in [6.07, 6.45) is 1.59. The van der Waals surface area contributed by atoms with E-state index in [2.05, 4.69) is 4.98 Å². The average Bonchev–Trinajstić information content (AvgIpc) is 2.49. The highest BCUT2D eigenvalue weighted by Crippen LogP contribution is 2.20. The molecule has 1 aromatic heterocycles. The number of rotatable bonds is 1. The van der Waals surface area contributed by atoms with Crippen molar-refractivity contribution in [3.63, 3.8) is 0 Å². The fourth-order valence-electron chi connectivity index (χ4n) is 1.45. The number of aromatic nitrogens is 2. The van der Waals surface area contributed by atoms with E-state index in [1.807, 2.05) is 0 Å². The molecular formula is C8H8BClN2O2. The molecule has 2 rings (SSSR count). The van der Waals surface area contributed by atoms with Gasteiger partial charge in [0, 0.05) is 12.5 Å². The third kappa shape index (κ3) is 1.30. The second kappa shape index (κ2) is 3.27. The van der Waals surface area contributed by atoms with Crippen LogP contribution in [0.5, 0.6) is 0 Å². The van der Waals surface area contributed by atoms with Gasteiger partial charge >= 0.3 is 7.12 Å². The average molecular weight is 210 g/mol. The van der Waals surface area contributed by atoms with Gasteiger partial charge in [0.25, 0.3) is 0 Å². The molecule has 0 unspecified atom stereocenters. The van der Waals surface area contributed by atoms with Gasteiger partial charge in [-0.1, -0.05) is 17.7 Å². The number of nitrogens with zero attached hydrogens (tertiary/aromatic N) is 2. The fraction of sp³-hybridized carbons (Fsp3) is 0.125. The first kappa shape index (κ1) is 9.52. The third-order valence-electron chi connectivity index (χ3n) is 2.12. The first-order valence-corrected chi connectivity index (χ1v) is 4.44. The standard InChI is InChI=1S/C8H8BClN2O2/c1-12-4-11-7-5(9(13)14)2-3-6(10)8(7)12/h2-4,13-14H,1H3. The van der Waals surface area contributed by atoms with Crippen LogP contribution >= 0.6 is 11.6 Å². The summed E-state index contributed by atoms with van der Waals surface area (Å²) in [7, 11) is 0.277. The van der Waals surface area contributed by atoms with Crippen LogP contribution < -0.4 is 5.46 Å². The van der Waals surface area contributed by atoms with Crippen LogP contribution in [0.25, 0.3) is 11.0 Å². The highest BCUT2D eigenvalue weighted by atomic mass is 35.5. The van der Waals surface area contributed by atoms with E-state index in [-0.39, 0.29) is 0 Å². The van der Waals surface area contributed by atoms with Crippen molar-refractivity contribution in [2.24, 2.45) is 7.05 Å². The van der Waals surface area contributed by atoms with Crippen LogP contribution in [0, 0.1) is 0 Å². The molecule has 0 aliphatic carbocycles. The summed E-state index contributed by atoms with van der Waals surface area (Å²) in [5.74, 6) is 0. The van der Waals surface area contributed by atoms with E-state index < -0.39 is 7.12 Å². The number of aryl methyl sites for hydroxylation is 1. The zero-order chi connectivity index (χ0) is 10.3. The SMILES string of the molecule is Cn1cnc2c(B(O)O)ccc(Cl)c21. The third-order valence-corrected chi connectivity index (χ3v) is 2.43. The first-order valence-electron chi connectivity index (χ1n) is 4.07. The number of benzene rings is 1. The molecule has 0 saturated carbocycles. The molecule has 14 heavy (non-hydrogen) atoms. The van der Waals surface area contributed by atoms with Gasteiger partial charge in [-0.3, -0.25) is 0 Å². The molecule has 0 saturated heterocycles. The van der Waals surface area contributed by atoms with Gasteiger partial charge in [0.2, 0.25) is 0 Å². The lowest BCUT2D eigenvalue weighted by Crippen LogP contribution is -2.30. The van der Waals surface area contributed by atoms with Gasteiger partial charge in [0.1, 0.15) is 0 Å².